The van der Waals surface area contributed by atoms with E-state index < -0.39 is 0 Å². The summed E-state index contributed by atoms with van der Waals surface area (Å²) in [6.45, 7) is 21.9. The van der Waals surface area contributed by atoms with Gasteiger partial charge in [0.2, 0.25) is 0 Å². The second-order valence-corrected chi connectivity index (χ2v) is 13.8. The van der Waals surface area contributed by atoms with E-state index in [0.29, 0.717) is 0 Å². The molecule has 0 aliphatic carbocycles. The fourth-order valence-corrected chi connectivity index (χ4v) is 4.51. The zero-order valence-electron chi connectivity index (χ0n) is 30.8. The Morgan fingerprint density at radius 3 is 1.18 bits per heavy atom. The SMILES string of the molecule is COC(C)(C)CCC/C(C)=C/CC/C(C)=C/C=C/C(C)=C/C=C/C=C(C)/C=C/C=C(\C)CC/C=C(\C)CCCC(C)(C)OC. The maximum Gasteiger partial charge on any atom is 0.0622 e. The van der Waals surface area contributed by atoms with Gasteiger partial charge in [0.1, 0.15) is 0 Å². The minimum atomic E-state index is -0.0152. The number of hydrogen-bond donors (Lipinski definition) is 0. The Morgan fingerprint density at radius 2 is 0.841 bits per heavy atom. The number of allylic oxidation sites excluding steroid dienone is 18. The Morgan fingerprint density at radius 1 is 0.477 bits per heavy atom. The standard InChI is InChI=1S/C42H68O2/c1-35(23-15-25-37(3)27-17-29-39(5)31-19-33-41(7,8)43-11)21-13-14-22-36(2)24-16-26-38(4)28-18-30-40(6)32-20-34-42(9,10)44-12/h13-16,21-26,29-30H,17-20,27-28,31-34H2,1-12H3/b14-13+,23-15+,24-16+,35-21+,36-22+,37-25+,38-26+,39-29+,40-30+. The lowest BCUT2D eigenvalue weighted by molar-refractivity contribution is 0.0137. The average molecular weight is 605 g/mol. The molecule has 2 nitrogen and oxygen atoms in total. The van der Waals surface area contributed by atoms with E-state index >= 15 is 0 Å². The van der Waals surface area contributed by atoms with Gasteiger partial charge < -0.3 is 9.47 Å². The maximum atomic E-state index is 5.52. The largest absolute Gasteiger partial charge is 0.379 e. The van der Waals surface area contributed by atoms with E-state index in [1.165, 1.54) is 46.3 Å². The van der Waals surface area contributed by atoms with E-state index in [9.17, 15) is 0 Å². The summed E-state index contributed by atoms with van der Waals surface area (Å²) in [6.07, 6.45) is 37.8. The summed E-state index contributed by atoms with van der Waals surface area (Å²) in [7, 11) is 3.60. The van der Waals surface area contributed by atoms with Gasteiger partial charge in [0.15, 0.2) is 0 Å². The molecule has 2 heteroatoms. The molecule has 44 heavy (non-hydrogen) atoms. The fourth-order valence-electron chi connectivity index (χ4n) is 4.51. The quantitative estimate of drug-likeness (QED) is 0.0904. The van der Waals surface area contributed by atoms with Crippen LogP contribution in [0.2, 0.25) is 0 Å². The van der Waals surface area contributed by atoms with E-state index in [0.717, 1.165) is 51.4 Å². The lowest BCUT2D eigenvalue weighted by Crippen LogP contribution is -2.21. The molecule has 0 fully saturated rings. The van der Waals surface area contributed by atoms with Gasteiger partial charge in [0.25, 0.3) is 0 Å². The number of methoxy groups -OCH3 is 2. The van der Waals surface area contributed by atoms with Crippen molar-refractivity contribution in [2.75, 3.05) is 14.2 Å². The summed E-state index contributed by atoms with van der Waals surface area (Å²) in [5, 5.41) is 0. The third-order valence-electron chi connectivity index (χ3n) is 8.18. The molecular weight excluding hydrogens is 536 g/mol. The molecule has 0 bridgehead atoms. The van der Waals surface area contributed by atoms with Crippen molar-refractivity contribution in [3.8, 4) is 0 Å². The van der Waals surface area contributed by atoms with Crippen molar-refractivity contribution in [3.63, 3.8) is 0 Å². The highest BCUT2D eigenvalue weighted by atomic mass is 16.5. The van der Waals surface area contributed by atoms with Crippen LogP contribution in [0.15, 0.2) is 106 Å². The first kappa shape index (κ1) is 41.6. The van der Waals surface area contributed by atoms with Crippen LogP contribution in [0.3, 0.4) is 0 Å². The molecule has 248 valence electrons. The number of hydrogen-bond acceptors (Lipinski definition) is 2. The van der Waals surface area contributed by atoms with E-state index in [-0.39, 0.29) is 11.2 Å². The minimum absolute atomic E-state index is 0.0152. The van der Waals surface area contributed by atoms with Crippen LogP contribution >= 0.6 is 0 Å². The number of ether oxygens (including phenoxy) is 2. The smallest absolute Gasteiger partial charge is 0.0622 e. The molecular formula is C42H68O2. The minimum Gasteiger partial charge on any atom is -0.379 e. The molecule has 0 aliphatic heterocycles. The molecule has 0 aliphatic rings. The van der Waals surface area contributed by atoms with E-state index in [4.69, 9.17) is 9.47 Å². The molecule has 0 N–H and O–H groups in total. The van der Waals surface area contributed by atoms with Crippen LogP contribution in [0.1, 0.15) is 133 Å². The van der Waals surface area contributed by atoms with Gasteiger partial charge in [-0.3, -0.25) is 0 Å². The molecule has 0 radical (unpaired) electrons. The monoisotopic (exact) mass is 605 g/mol. The Hall–Kier alpha value is -2.42. The first-order valence-electron chi connectivity index (χ1n) is 16.8. The summed E-state index contributed by atoms with van der Waals surface area (Å²) in [6, 6.07) is 0. The van der Waals surface area contributed by atoms with Gasteiger partial charge in [0.05, 0.1) is 11.2 Å². The van der Waals surface area contributed by atoms with Crippen molar-refractivity contribution in [3.05, 3.63) is 106 Å². The summed E-state index contributed by atoms with van der Waals surface area (Å²) in [5.74, 6) is 0. The molecule has 0 spiro atoms. The maximum absolute atomic E-state index is 5.52. The molecule has 0 aromatic heterocycles. The molecule has 0 saturated carbocycles. The van der Waals surface area contributed by atoms with E-state index in [1.54, 1.807) is 14.2 Å². The summed E-state index contributed by atoms with van der Waals surface area (Å²) >= 11 is 0. The normalized spacial score (nSPS) is 15.5. The molecule has 0 aromatic rings. The van der Waals surface area contributed by atoms with Gasteiger partial charge in [0, 0.05) is 14.2 Å². The topological polar surface area (TPSA) is 18.5 Å². The van der Waals surface area contributed by atoms with Crippen molar-refractivity contribution >= 4 is 0 Å². The molecule has 0 unspecified atom stereocenters. The molecule has 0 atom stereocenters. The highest BCUT2D eigenvalue weighted by molar-refractivity contribution is 5.30. The van der Waals surface area contributed by atoms with Crippen molar-refractivity contribution < 1.29 is 9.47 Å². The van der Waals surface area contributed by atoms with Crippen LogP contribution in [0.4, 0.5) is 0 Å². The zero-order chi connectivity index (χ0) is 33.4. The Labute approximate surface area is 274 Å². The van der Waals surface area contributed by atoms with E-state index in [2.05, 4.69) is 142 Å². The third-order valence-corrected chi connectivity index (χ3v) is 8.18. The lowest BCUT2D eigenvalue weighted by atomic mass is 9.98. The highest BCUT2D eigenvalue weighted by Gasteiger charge is 2.15. The zero-order valence-corrected chi connectivity index (χ0v) is 30.8. The van der Waals surface area contributed by atoms with Crippen molar-refractivity contribution in [2.24, 2.45) is 0 Å². The third kappa shape index (κ3) is 25.0. The van der Waals surface area contributed by atoms with Crippen LogP contribution in [0.25, 0.3) is 0 Å². The Balaban J connectivity index is 4.49. The van der Waals surface area contributed by atoms with Gasteiger partial charge in [-0.25, -0.2) is 0 Å². The second kappa shape index (κ2) is 23.9. The van der Waals surface area contributed by atoms with E-state index in [1.807, 2.05) is 0 Å². The molecule has 0 amide bonds. The van der Waals surface area contributed by atoms with Gasteiger partial charge in [-0.2, -0.15) is 0 Å². The van der Waals surface area contributed by atoms with Crippen LogP contribution in [0.5, 0.6) is 0 Å². The van der Waals surface area contributed by atoms with Gasteiger partial charge in [-0.15, -0.1) is 0 Å². The van der Waals surface area contributed by atoms with Crippen LogP contribution in [-0.4, -0.2) is 25.4 Å². The highest BCUT2D eigenvalue weighted by Crippen LogP contribution is 2.20. The molecule has 0 rings (SSSR count). The van der Waals surface area contributed by atoms with Gasteiger partial charge in [-0.05, 0) is 133 Å². The first-order valence-corrected chi connectivity index (χ1v) is 16.8. The van der Waals surface area contributed by atoms with Crippen molar-refractivity contribution in [2.45, 2.75) is 145 Å². The average Bonchev–Trinajstić information content (AvgIpc) is 2.95. The van der Waals surface area contributed by atoms with Crippen molar-refractivity contribution in [1.82, 2.24) is 0 Å². The van der Waals surface area contributed by atoms with Crippen molar-refractivity contribution in [1.29, 1.82) is 0 Å². The van der Waals surface area contributed by atoms with Gasteiger partial charge in [-0.1, -0.05) is 106 Å². The Kier molecular flexibility index (Phi) is 22.6. The predicted octanol–water partition coefficient (Wildman–Crippen LogP) is 13.1. The van der Waals surface area contributed by atoms with Crippen LogP contribution < -0.4 is 0 Å². The predicted molar refractivity (Wildman–Crippen MR) is 198 cm³/mol. The van der Waals surface area contributed by atoms with Crippen LogP contribution in [0, 0.1) is 0 Å². The molecule has 0 aromatic carbocycles. The van der Waals surface area contributed by atoms with Crippen LogP contribution in [-0.2, 0) is 9.47 Å². The number of rotatable bonds is 22. The van der Waals surface area contributed by atoms with Gasteiger partial charge >= 0.3 is 0 Å². The fraction of sp³-hybridized carbons (Fsp3) is 0.571. The second-order valence-electron chi connectivity index (χ2n) is 13.8. The summed E-state index contributed by atoms with van der Waals surface area (Å²) in [5.41, 5.74) is 8.24. The summed E-state index contributed by atoms with van der Waals surface area (Å²) < 4.78 is 11.0. The molecule has 0 saturated heterocycles. The molecule has 0 heterocycles. The first-order chi connectivity index (χ1) is 20.7. The Bertz CT molecular complexity index is 991. The summed E-state index contributed by atoms with van der Waals surface area (Å²) in [4.78, 5) is 0. The lowest BCUT2D eigenvalue weighted by Gasteiger charge is -2.22.